The lowest BCUT2D eigenvalue weighted by atomic mass is 10.2. The fourth-order valence-corrected chi connectivity index (χ4v) is 2.44. The Morgan fingerprint density at radius 1 is 1.28 bits per heavy atom. The number of hydrogen-bond donors (Lipinski definition) is 2. The maximum absolute atomic E-state index is 12.1. The van der Waals surface area contributed by atoms with Gasteiger partial charge >= 0.3 is 0 Å². The number of imide groups is 1. The molecule has 0 bridgehead atoms. The van der Waals surface area contributed by atoms with Crippen molar-refractivity contribution in [3.63, 3.8) is 0 Å². The number of hydrogen-bond acceptors (Lipinski definition) is 6. The van der Waals surface area contributed by atoms with Gasteiger partial charge < -0.3 is 15.2 Å². The molecule has 2 aromatic rings. The predicted octanol–water partition coefficient (Wildman–Crippen LogP) is 1.84. The lowest BCUT2D eigenvalue weighted by Gasteiger charge is -2.14. The number of ether oxygens (including phenoxy) is 1. The molecule has 25 heavy (non-hydrogen) atoms. The van der Waals surface area contributed by atoms with Crippen LogP contribution in [-0.2, 0) is 9.59 Å². The zero-order valence-electron chi connectivity index (χ0n) is 13.6. The van der Waals surface area contributed by atoms with Crippen molar-refractivity contribution in [3.8, 4) is 11.5 Å². The van der Waals surface area contributed by atoms with Crippen LogP contribution in [0, 0.1) is 6.92 Å². The van der Waals surface area contributed by atoms with E-state index in [2.05, 4.69) is 10.3 Å². The van der Waals surface area contributed by atoms with Gasteiger partial charge in [0.05, 0.1) is 19.3 Å². The van der Waals surface area contributed by atoms with Gasteiger partial charge in [-0.05, 0) is 42.8 Å². The lowest BCUT2D eigenvalue weighted by molar-refractivity contribution is -0.137. The Morgan fingerprint density at radius 2 is 2.12 bits per heavy atom. The van der Waals surface area contributed by atoms with Gasteiger partial charge in [0.1, 0.15) is 17.2 Å². The zero-order chi connectivity index (χ0) is 17.8. The van der Waals surface area contributed by atoms with E-state index >= 15 is 0 Å². The van der Waals surface area contributed by atoms with Crippen LogP contribution in [0.4, 0.5) is 5.69 Å². The van der Waals surface area contributed by atoms with E-state index in [-0.39, 0.29) is 18.8 Å². The van der Waals surface area contributed by atoms with E-state index in [1.54, 1.807) is 30.6 Å². The highest BCUT2D eigenvalue weighted by Crippen LogP contribution is 2.28. The van der Waals surface area contributed by atoms with E-state index in [1.165, 1.54) is 6.08 Å². The Bertz CT molecular complexity index is 833. The number of nitrogens with one attached hydrogen (secondary N) is 1. The van der Waals surface area contributed by atoms with Crippen molar-refractivity contribution < 1.29 is 19.4 Å². The number of aromatic nitrogens is 1. The lowest BCUT2D eigenvalue weighted by Crippen LogP contribution is -2.34. The molecule has 0 saturated carbocycles. The van der Waals surface area contributed by atoms with Crippen LogP contribution in [0.15, 0.2) is 54.5 Å². The zero-order valence-corrected chi connectivity index (χ0v) is 13.6. The number of anilines is 1. The van der Waals surface area contributed by atoms with Gasteiger partial charge in [0.2, 0.25) is 0 Å². The number of benzene rings is 1. The first-order valence-corrected chi connectivity index (χ1v) is 7.72. The molecule has 0 unspecified atom stereocenters. The minimum atomic E-state index is -0.451. The molecule has 0 spiro atoms. The number of rotatable bonds is 6. The van der Waals surface area contributed by atoms with Gasteiger partial charge in [-0.3, -0.25) is 19.5 Å². The van der Waals surface area contributed by atoms with E-state index in [1.807, 2.05) is 19.1 Å². The van der Waals surface area contributed by atoms with Gasteiger partial charge in [0.15, 0.2) is 0 Å². The fourth-order valence-electron chi connectivity index (χ4n) is 2.44. The van der Waals surface area contributed by atoms with Crippen LogP contribution in [0.1, 0.15) is 5.56 Å². The van der Waals surface area contributed by atoms with E-state index in [4.69, 9.17) is 9.84 Å². The van der Waals surface area contributed by atoms with Gasteiger partial charge in [-0.1, -0.05) is 0 Å². The number of β-amino-alcohol motifs (C(OH)–C–C–N with tert-alkyl or cyclic N) is 1. The van der Waals surface area contributed by atoms with E-state index in [0.717, 1.165) is 10.5 Å². The van der Waals surface area contributed by atoms with Gasteiger partial charge in [0.25, 0.3) is 11.8 Å². The summed E-state index contributed by atoms with van der Waals surface area (Å²) in [6, 6.07) is 8.94. The van der Waals surface area contributed by atoms with Crippen LogP contribution in [-0.4, -0.2) is 40.0 Å². The molecule has 3 rings (SSSR count). The molecule has 2 amide bonds. The quantitative estimate of drug-likeness (QED) is 0.780. The molecule has 0 radical (unpaired) electrons. The van der Waals surface area contributed by atoms with Gasteiger partial charge in [-0.25, -0.2) is 0 Å². The molecule has 1 aromatic heterocycles. The molecule has 7 nitrogen and oxygen atoms in total. The Morgan fingerprint density at radius 3 is 2.80 bits per heavy atom. The first kappa shape index (κ1) is 16.7. The molecule has 1 aliphatic heterocycles. The minimum Gasteiger partial charge on any atom is -0.455 e. The highest BCUT2D eigenvalue weighted by molar-refractivity contribution is 6.17. The maximum atomic E-state index is 12.1. The van der Waals surface area contributed by atoms with Crippen molar-refractivity contribution in [2.45, 2.75) is 6.92 Å². The first-order valence-electron chi connectivity index (χ1n) is 7.72. The van der Waals surface area contributed by atoms with Crippen molar-refractivity contribution >= 4 is 17.5 Å². The summed E-state index contributed by atoms with van der Waals surface area (Å²) in [4.78, 5) is 28.9. The number of carbonyl (C=O) groups is 2. The van der Waals surface area contributed by atoms with Crippen LogP contribution >= 0.6 is 0 Å². The first-order chi connectivity index (χ1) is 12.1. The van der Waals surface area contributed by atoms with E-state index in [9.17, 15) is 9.59 Å². The van der Waals surface area contributed by atoms with Gasteiger partial charge in [0, 0.05) is 18.0 Å². The molecule has 0 fully saturated rings. The summed E-state index contributed by atoms with van der Waals surface area (Å²) in [5.41, 5.74) is 1.70. The van der Waals surface area contributed by atoms with Crippen LogP contribution in [0.3, 0.4) is 0 Å². The molecule has 1 aliphatic rings. The molecule has 0 aliphatic carbocycles. The molecule has 7 heteroatoms. The standard InChI is InChI=1S/C18H17N3O4/c1-12-9-13(4-5-16(12)25-14-3-2-6-19-11-14)20-15-10-17(23)21(7-8-22)18(15)24/h2-6,9-11,20,22H,7-8H2,1H3. The van der Waals surface area contributed by atoms with E-state index in [0.29, 0.717) is 17.2 Å². The average Bonchev–Trinajstić information content (AvgIpc) is 2.86. The third-order valence-corrected chi connectivity index (χ3v) is 3.65. The van der Waals surface area contributed by atoms with Crippen LogP contribution in [0.5, 0.6) is 11.5 Å². The second kappa shape index (κ2) is 7.14. The summed E-state index contributed by atoms with van der Waals surface area (Å²) in [6.45, 7) is 1.60. The molecule has 0 saturated heterocycles. The second-order valence-corrected chi connectivity index (χ2v) is 5.47. The van der Waals surface area contributed by atoms with Gasteiger partial charge in [-0.15, -0.1) is 0 Å². The normalized spacial score (nSPS) is 13.8. The summed E-state index contributed by atoms with van der Waals surface area (Å²) in [7, 11) is 0. The van der Waals surface area contributed by atoms with Crippen molar-refractivity contribution in [2.24, 2.45) is 0 Å². The van der Waals surface area contributed by atoms with Crippen molar-refractivity contribution in [1.82, 2.24) is 9.88 Å². The third-order valence-electron chi connectivity index (χ3n) is 3.65. The van der Waals surface area contributed by atoms with Crippen LogP contribution < -0.4 is 10.1 Å². The summed E-state index contributed by atoms with van der Waals surface area (Å²) >= 11 is 0. The number of amides is 2. The molecule has 1 aromatic carbocycles. The fraction of sp³-hybridized carbons (Fsp3) is 0.167. The molecule has 2 N–H and O–H groups in total. The monoisotopic (exact) mass is 339 g/mol. The number of nitrogens with zero attached hydrogens (tertiary/aromatic N) is 2. The van der Waals surface area contributed by atoms with Crippen molar-refractivity contribution in [2.75, 3.05) is 18.5 Å². The number of aliphatic hydroxyl groups is 1. The summed E-state index contributed by atoms with van der Waals surface area (Å²) in [6.07, 6.45) is 4.52. The van der Waals surface area contributed by atoms with Gasteiger partial charge in [-0.2, -0.15) is 0 Å². The maximum Gasteiger partial charge on any atom is 0.277 e. The molecular formula is C18H17N3O4. The largest absolute Gasteiger partial charge is 0.455 e. The molecule has 2 heterocycles. The number of aryl methyl sites for hydroxylation is 1. The summed E-state index contributed by atoms with van der Waals surface area (Å²) in [5, 5.41) is 11.9. The van der Waals surface area contributed by atoms with E-state index < -0.39 is 11.8 Å². The topological polar surface area (TPSA) is 91.8 Å². The van der Waals surface area contributed by atoms with Crippen molar-refractivity contribution in [1.29, 1.82) is 0 Å². The molecule has 0 atom stereocenters. The predicted molar refractivity (Wildman–Crippen MR) is 91.0 cm³/mol. The minimum absolute atomic E-state index is 0.0176. The SMILES string of the molecule is Cc1cc(NC2=CC(=O)N(CCO)C2=O)ccc1Oc1cccnc1. The smallest absolute Gasteiger partial charge is 0.277 e. The highest BCUT2D eigenvalue weighted by atomic mass is 16.5. The van der Waals surface area contributed by atoms with Crippen molar-refractivity contribution in [3.05, 3.63) is 60.1 Å². The Labute approximate surface area is 144 Å². The molecular weight excluding hydrogens is 322 g/mol. The number of pyridine rings is 1. The highest BCUT2D eigenvalue weighted by Gasteiger charge is 2.30. The summed E-state index contributed by atoms with van der Waals surface area (Å²) < 4.78 is 5.76. The summed E-state index contributed by atoms with van der Waals surface area (Å²) in [5.74, 6) is 0.413. The third kappa shape index (κ3) is 3.67. The number of carbonyl (C=O) groups excluding carboxylic acids is 2. The Hall–Kier alpha value is -3.19. The number of aliphatic hydroxyl groups excluding tert-OH is 1. The second-order valence-electron chi connectivity index (χ2n) is 5.47. The van der Waals surface area contributed by atoms with Crippen LogP contribution in [0.25, 0.3) is 0 Å². The Balaban J connectivity index is 1.72. The Kier molecular flexibility index (Phi) is 4.76. The molecule has 128 valence electrons. The van der Waals surface area contributed by atoms with Crippen LogP contribution in [0.2, 0.25) is 0 Å². The average molecular weight is 339 g/mol.